The third-order valence-electron chi connectivity index (χ3n) is 3.29. The number of nitrogens with two attached hydrogens (primary N) is 1. The fourth-order valence-electron chi connectivity index (χ4n) is 2.39. The highest BCUT2D eigenvalue weighted by atomic mass is 16.1. The maximum atomic E-state index is 11.2. The summed E-state index contributed by atoms with van der Waals surface area (Å²) < 4.78 is 0. The van der Waals surface area contributed by atoms with Gasteiger partial charge in [-0.25, -0.2) is 0 Å². The number of nitrogens with one attached hydrogen (secondary N) is 1. The lowest BCUT2D eigenvalue weighted by Gasteiger charge is -2.18. The molecule has 1 aromatic carbocycles. The van der Waals surface area contributed by atoms with Crippen molar-refractivity contribution < 1.29 is 4.79 Å². The molecule has 1 fully saturated rings. The van der Waals surface area contributed by atoms with E-state index in [-0.39, 0.29) is 17.9 Å². The summed E-state index contributed by atoms with van der Waals surface area (Å²) in [5.41, 5.74) is 6.63. The van der Waals surface area contributed by atoms with Gasteiger partial charge in [-0.15, -0.1) is 0 Å². The normalized spacial score (nSPS) is 24.5. The molecule has 16 heavy (non-hydrogen) atoms. The Kier molecular flexibility index (Phi) is 3.57. The minimum absolute atomic E-state index is 0.0173. The van der Waals surface area contributed by atoms with Crippen LogP contribution in [0, 0.1) is 5.92 Å². The second-order valence-corrected chi connectivity index (χ2v) is 4.41. The molecule has 1 saturated carbocycles. The van der Waals surface area contributed by atoms with Crippen LogP contribution in [0.25, 0.3) is 0 Å². The molecule has 0 aromatic heterocycles. The molecule has 3 N–H and O–H groups in total. The molecule has 2 atom stereocenters. The smallest absolute Gasteiger partial charge is 0.222 e. The number of benzene rings is 1. The number of carbonyl (C=O) groups is 1. The van der Waals surface area contributed by atoms with Crippen LogP contribution in [0.5, 0.6) is 0 Å². The molecule has 0 radical (unpaired) electrons. The molecule has 0 bridgehead atoms. The highest BCUT2D eigenvalue weighted by Crippen LogP contribution is 2.25. The molecule has 1 aromatic rings. The first-order valence-corrected chi connectivity index (χ1v) is 5.84. The van der Waals surface area contributed by atoms with E-state index in [4.69, 9.17) is 5.73 Å². The summed E-state index contributed by atoms with van der Waals surface area (Å²) >= 11 is 0. The fourth-order valence-corrected chi connectivity index (χ4v) is 2.39. The van der Waals surface area contributed by atoms with Gasteiger partial charge in [-0.1, -0.05) is 36.8 Å². The van der Waals surface area contributed by atoms with Crippen LogP contribution in [-0.2, 0) is 11.3 Å². The van der Waals surface area contributed by atoms with E-state index in [1.54, 1.807) is 0 Å². The minimum atomic E-state index is -0.164. The number of hydrogen-bond acceptors (Lipinski definition) is 2. The Balaban J connectivity index is 1.88. The lowest BCUT2D eigenvalue weighted by Crippen LogP contribution is -2.38. The molecule has 3 heteroatoms. The number of hydrogen-bond donors (Lipinski definition) is 2. The molecule has 1 aliphatic carbocycles. The summed E-state index contributed by atoms with van der Waals surface area (Å²) in [4.78, 5) is 11.2. The fraction of sp³-hybridized carbons (Fsp3) is 0.462. The van der Waals surface area contributed by atoms with E-state index in [0.29, 0.717) is 0 Å². The Bertz CT molecular complexity index is 350. The van der Waals surface area contributed by atoms with Gasteiger partial charge in [-0.05, 0) is 18.4 Å². The molecule has 3 nitrogen and oxygen atoms in total. The van der Waals surface area contributed by atoms with E-state index >= 15 is 0 Å². The number of carbonyl (C=O) groups excluding carboxylic acids is 1. The highest BCUT2D eigenvalue weighted by Gasteiger charge is 2.30. The van der Waals surface area contributed by atoms with Gasteiger partial charge < -0.3 is 11.1 Å². The van der Waals surface area contributed by atoms with Crippen molar-refractivity contribution in [1.29, 1.82) is 0 Å². The van der Waals surface area contributed by atoms with E-state index in [0.717, 1.165) is 25.8 Å². The second kappa shape index (κ2) is 5.12. The molecule has 1 amide bonds. The monoisotopic (exact) mass is 218 g/mol. The Morgan fingerprint density at radius 3 is 2.75 bits per heavy atom. The van der Waals surface area contributed by atoms with Gasteiger partial charge in [0, 0.05) is 12.6 Å². The zero-order valence-corrected chi connectivity index (χ0v) is 9.36. The zero-order chi connectivity index (χ0) is 11.4. The minimum Gasteiger partial charge on any atom is -0.369 e. The molecule has 0 saturated heterocycles. The van der Waals surface area contributed by atoms with E-state index < -0.39 is 0 Å². The molecule has 0 heterocycles. The van der Waals surface area contributed by atoms with Crippen molar-refractivity contribution >= 4 is 5.91 Å². The maximum Gasteiger partial charge on any atom is 0.222 e. The van der Waals surface area contributed by atoms with Gasteiger partial charge in [0.05, 0.1) is 5.92 Å². The number of amides is 1. The lowest BCUT2D eigenvalue weighted by molar-refractivity contribution is -0.122. The molecule has 2 rings (SSSR count). The van der Waals surface area contributed by atoms with E-state index in [9.17, 15) is 4.79 Å². The van der Waals surface area contributed by atoms with Gasteiger partial charge in [0.15, 0.2) is 0 Å². The lowest BCUT2D eigenvalue weighted by atomic mass is 10.0. The average molecular weight is 218 g/mol. The van der Waals surface area contributed by atoms with Crippen molar-refractivity contribution in [3.8, 4) is 0 Å². The summed E-state index contributed by atoms with van der Waals surface area (Å²) in [6, 6.07) is 10.5. The van der Waals surface area contributed by atoms with Gasteiger partial charge in [-0.3, -0.25) is 4.79 Å². The molecular weight excluding hydrogens is 200 g/mol. The van der Waals surface area contributed by atoms with Crippen LogP contribution in [0.3, 0.4) is 0 Å². The summed E-state index contributed by atoms with van der Waals surface area (Å²) in [7, 11) is 0. The van der Waals surface area contributed by atoms with Crippen LogP contribution in [0.1, 0.15) is 24.8 Å². The summed E-state index contributed by atoms with van der Waals surface area (Å²) in [5.74, 6) is -0.147. The third-order valence-corrected chi connectivity index (χ3v) is 3.29. The molecule has 0 aliphatic heterocycles. The predicted molar refractivity (Wildman–Crippen MR) is 63.6 cm³/mol. The van der Waals surface area contributed by atoms with Crippen molar-refractivity contribution in [1.82, 2.24) is 5.32 Å². The Labute approximate surface area is 96.0 Å². The van der Waals surface area contributed by atoms with Crippen LogP contribution in [0.2, 0.25) is 0 Å². The highest BCUT2D eigenvalue weighted by molar-refractivity contribution is 5.77. The SMILES string of the molecule is NC(=O)C1CCCC1NCc1ccccc1. The van der Waals surface area contributed by atoms with E-state index in [1.165, 1.54) is 5.56 Å². The summed E-state index contributed by atoms with van der Waals surface area (Å²) in [6.45, 7) is 0.815. The van der Waals surface area contributed by atoms with Gasteiger partial charge in [0.1, 0.15) is 0 Å². The van der Waals surface area contributed by atoms with Crippen LogP contribution in [0.15, 0.2) is 30.3 Å². The van der Waals surface area contributed by atoms with Crippen molar-refractivity contribution in [2.24, 2.45) is 11.7 Å². The van der Waals surface area contributed by atoms with Crippen molar-refractivity contribution in [2.45, 2.75) is 31.8 Å². The Morgan fingerprint density at radius 2 is 2.06 bits per heavy atom. The summed E-state index contributed by atoms with van der Waals surface area (Å²) in [5, 5.41) is 3.43. The Hall–Kier alpha value is -1.35. The first-order valence-electron chi connectivity index (χ1n) is 5.84. The molecule has 1 aliphatic rings. The van der Waals surface area contributed by atoms with Crippen molar-refractivity contribution in [3.05, 3.63) is 35.9 Å². The quantitative estimate of drug-likeness (QED) is 0.803. The topological polar surface area (TPSA) is 55.1 Å². The molecular formula is C13H18N2O. The van der Waals surface area contributed by atoms with Crippen molar-refractivity contribution in [2.75, 3.05) is 0 Å². The van der Waals surface area contributed by atoms with Crippen LogP contribution in [0.4, 0.5) is 0 Å². The molecule has 86 valence electrons. The first kappa shape index (κ1) is 11.1. The van der Waals surface area contributed by atoms with Crippen LogP contribution < -0.4 is 11.1 Å². The van der Waals surface area contributed by atoms with Gasteiger partial charge in [0.2, 0.25) is 5.91 Å². The zero-order valence-electron chi connectivity index (χ0n) is 9.36. The van der Waals surface area contributed by atoms with Gasteiger partial charge >= 0.3 is 0 Å². The second-order valence-electron chi connectivity index (χ2n) is 4.41. The van der Waals surface area contributed by atoms with E-state index in [2.05, 4.69) is 17.4 Å². The average Bonchev–Trinajstić information content (AvgIpc) is 2.76. The van der Waals surface area contributed by atoms with Crippen LogP contribution in [-0.4, -0.2) is 11.9 Å². The van der Waals surface area contributed by atoms with Gasteiger partial charge in [-0.2, -0.15) is 0 Å². The molecule has 2 unspecified atom stereocenters. The standard InChI is InChI=1S/C13H18N2O/c14-13(16)11-7-4-8-12(11)15-9-10-5-2-1-3-6-10/h1-3,5-6,11-12,15H,4,7-9H2,(H2,14,16). The van der Waals surface area contributed by atoms with Crippen molar-refractivity contribution in [3.63, 3.8) is 0 Å². The number of rotatable bonds is 4. The third kappa shape index (κ3) is 2.61. The first-order chi connectivity index (χ1) is 7.77. The van der Waals surface area contributed by atoms with E-state index in [1.807, 2.05) is 18.2 Å². The largest absolute Gasteiger partial charge is 0.369 e. The summed E-state index contributed by atoms with van der Waals surface area (Å²) in [6.07, 6.45) is 3.09. The molecule has 0 spiro atoms. The predicted octanol–water partition coefficient (Wildman–Crippen LogP) is 1.43. The van der Waals surface area contributed by atoms with Gasteiger partial charge in [0.25, 0.3) is 0 Å². The number of primary amides is 1. The van der Waals surface area contributed by atoms with Crippen LogP contribution >= 0.6 is 0 Å². The Morgan fingerprint density at radius 1 is 1.31 bits per heavy atom. The maximum absolute atomic E-state index is 11.2.